The van der Waals surface area contributed by atoms with Gasteiger partial charge < -0.3 is 5.32 Å². The van der Waals surface area contributed by atoms with Crippen LogP contribution in [0, 0.1) is 5.41 Å². The second-order valence-corrected chi connectivity index (χ2v) is 5.58. The predicted molar refractivity (Wildman–Crippen MR) is 74.5 cm³/mol. The van der Waals surface area contributed by atoms with Gasteiger partial charge in [-0.05, 0) is 31.3 Å². The Bertz CT molecular complexity index is 366. The van der Waals surface area contributed by atoms with Crippen molar-refractivity contribution in [2.45, 2.75) is 39.7 Å². The van der Waals surface area contributed by atoms with Gasteiger partial charge in [-0.1, -0.05) is 20.3 Å². The minimum Gasteiger partial charge on any atom is -0.372 e. The SMILES string of the molecule is CCC1(C)CCN(Cc2cnc(NC)cn2)CC1. The molecule has 100 valence electrons. The minimum atomic E-state index is 0.554. The van der Waals surface area contributed by atoms with E-state index in [1.54, 1.807) is 6.20 Å². The van der Waals surface area contributed by atoms with E-state index in [1.807, 2.05) is 13.2 Å². The summed E-state index contributed by atoms with van der Waals surface area (Å²) in [5.74, 6) is 0.830. The summed E-state index contributed by atoms with van der Waals surface area (Å²) in [6, 6.07) is 0. The lowest BCUT2D eigenvalue weighted by molar-refractivity contribution is 0.108. The van der Waals surface area contributed by atoms with Crippen molar-refractivity contribution in [1.29, 1.82) is 0 Å². The Balaban J connectivity index is 1.87. The van der Waals surface area contributed by atoms with E-state index in [0.29, 0.717) is 5.41 Å². The molecule has 0 aliphatic carbocycles. The number of likely N-dealkylation sites (tertiary alicyclic amines) is 1. The van der Waals surface area contributed by atoms with Gasteiger partial charge in [-0.25, -0.2) is 4.98 Å². The van der Waals surface area contributed by atoms with E-state index in [0.717, 1.165) is 18.1 Å². The summed E-state index contributed by atoms with van der Waals surface area (Å²) in [5, 5.41) is 2.99. The summed E-state index contributed by atoms with van der Waals surface area (Å²) in [7, 11) is 1.86. The van der Waals surface area contributed by atoms with E-state index in [2.05, 4.69) is 34.0 Å². The van der Waals surface area contributed by atoms with Crippen molar-refractivity contribution in [3.05, 3.63) is 18.1 Å². The summed E-state index contributed by atoms with van der Waals surface area (Å²) in [6.07, 6.45) is 7.56. The third kappa shape index (κ3) is 3.19. The van der Waals surface area contributed by atoms with Crippen LogP contribution >= 0.6 is 0 Å². The van der Waals surface area contributed by atoms with Crippen LogP contribution in [0.4, 0.5) is 5.82 Å². The first kappa shape index (κ1) is 13.3. The Morgan fingerprint density at radius 1 is 1.28 bits per heavy atom. The zero-order valence-corrected chi connectivity index (χ0v) is 11.7. The highest BCUT2D eigenvalue weighted by Gasteiger charge is 2.28. The van der Waals surface area contributed by atoms with E-state index in [4.69, 9.17) is 0 Å². The molecular weight excluding hydrogens is 224 g/mol. The Labute approximate surface area is 110 Å². The van der Waals surface area contributed by atoms with Gasteiger partial charge in [-0.3, -0.25) is 9.88 Å². The Kier molecular flexibility index (Phi) is 4.17. The van der Waals surface area contributed by atoms with Gasteiger partial charge in [0.15, 0.2) is 0 Å². The van der Waals surface area contributed by atoms with Gasteiger partial charge in [0.05, 0.1) is 18.1 Å². The number of nitrogens with zero attached hydrogens (tertiary/aromatic N) is 3. The maximum Gasteiger partial charge on any atom is 0.144 e. The molecule has 0 radical (unpaired) electrons. The van der Waals surface area contributed by atoms with Crippen LogP contribution in [0.5, 0.6) is 0 Å². The second kappa shape index (κ2) is 5.65. The van der Waals surface area contributed by atoms with Gasteiger partial charge in [0.2, 0.25) is 0 Å². The van der Waals surface area contributed by atoms with Crippen LogP contribution in [0.15, 0.2) is 12.4 Å². The van der Waals surface area contributed by atoms with E-state index in [1.165, 1.54) is 32.4 Å². The topological polar surface area (TPSA) is 41.1 Å². The molecule has 1 saturated heterocycles. The fourth-order valence-corrected chi connectivity index (χ4v) is 2.40. The highest BCUT2D eigenvalue weighted by atomic mass is 15.1. The molecule has 0 saturated carbocycles. The number of piperidine rings is 1. The molecule has 1 fully saturated rings. The van der Waals surface area contributed by atoms with Gasteiger partial charge in [0.1, 0.15) is 5.82 Å². The van der Waals surface area contributed by atoms with Crippen LogP contribution in [0.25, 0.3) is 0 Å². The predicted octanol–water partition coefficient (Wildman–Crippen LogP) is 2.53. The first-order chi connectivity index (χ1) is 8.65. The van der Waals surface area contributed by atoms with Crippen LogP contribution in [-0.2, 0) is 6.54 Å². The van der Waals surface area contributed by atoms with Crippen LogP contribution in [0.3, 0.4) is 0 Å². The zero-order valence-electron chi connectivity index (χ0n) is 11.7. The maximum absolute atomic E-state index is 4.43. The van der Waals surface area contributed by atoms with E-state index < -0.39 is 0 Å². The summed E-state index contributed by atoms with van der Waals surface area (Å²) in [4.78, 5) is 11.2. The van der Waals surface area contributed by atoms with Crippen molar-refractivity contribution in [2.24, 2.45) is 5.41 Å². The summed E-state index contributed by atoms with van der Waals surface area (Å²) in [6.45, 7) is 8.00. The largest absolute Gasteiger partial charge is 0.372 e. The molecule has 0 spiro atoms. The van der Waals surface area contributed by atoms with Crippen LogP contribution in [0.2, 0.25) is 0 Å². The molecule has 4 heteroatoms. The lowest BCUT2D eigenvalue weighted by Crippen LogP contribution is -2.38. The van der Waals surface area contributed by atoms with Crippen molar-refractivity contribution in [3.8, 4) is 0 Å². The monoisotopic (exact) mass is 248 g/mol. The Morgan fingerprint density at radius 2 is 2.00 bits per heavy atom. The number of hydrogen-bond donors (Lipinski definition) is 1. The normalized spacial score (nSPS) is 19.7. The lowest BCUT2D eigenvalue weighted by Gasteiger charge is -2.38. The molecule has 0 amide bonds. The van der Waals surface area contributed by atoms with Crippen molar-refractivity contribution < 1.29 is 0 Å². The lowest BCUT2D eigenvalue weighted by atomic mass is 9.78. The fraction of sp³-hybridized carbons (Fsp3) is 0.714. The number of nitrogens with one attached hydrogen (secondary N) is 1. The molecule has 0 unspecified atom stereocenters. The number of rotatable bonds is 4. The molecule has 1 aliphatic rings. The molecule has 4 nitrogen and oxygen atoms in total. The quantitative estimate of drug-likeness (QED) is 0.889. The van der Waals surface area contributed by atoms with Gasteiger partial charge >= 0.3 is 0 Å². The average Bonchev–Trinajstić information content (AvgIpc) is 2.42. The molecule has 1 N–H and O–H groups in total. The maximum atomic E-state index is 4.43. The molecule has 0 aromatic carbocycles. The van der Waals surface area contributed by atoms with E-state index in [-0.39, 0.29) is 0 Å². The number of hydrogen-bond acceptors (Lipinski definition) is 4. The van der Waals surface area contributed by atoms with Crippen LogP contribution < -0.4 is 5.32 Å². The molecule has 2 rings (SSSR count). The standard InChI is InChI=1S/C14H24N4/c1-4-14(2)5-7-18(8-6-14)11-12-9-17-13(15-3)10-16-12/h9-10H,4-8,11H2,1-3H3,(H,15,17). The molecule has 1 aromatic heterocycles. The molecule has 0 bridgehead atoms. The van der Waals surface area contributed by atoms with Gasteiger partial charge in [-0.2, -0.15) is 0 Å². The third-order valence-electron chi connectivity index (χ3n) is 4.26. The van der Waals surface area contributed by atoms with Crippen molar-refractivity contribution in [2.75, 3.05) is 25.5 Å². The molecule has 0 atom stereocenters. The van der Waals surface area contributed by atoms with Gasteiger partial charge in [0, 0.05) is 13.6 Å². The van der Waals surface area contributed by atoms with Crippen LogP contribution in [0.1, 0.15) is 38.8 Å². The number of aromatic nitrogens is 2. The first-order valence-corrected chi connectivity index (χ1v) is 6.86. The molecule has 2 heterocycles. The third-order valence-corrected chi connectivity index (χ3v) is 4.26. The van der Waals surface area contributed by atoms with Crippen LogP contribution in [-0.4, -0.2) is 35.0 Å². The highest BCUT2D eigenvalue weighted by Crippen LogP contribution is 2.34. The van der Waals surface area contributed by atoms with Crippen molar-refractivity contribution >= 4 is 5.82 Å². The highest BCUT2D eigenvalue weighted by molar-refractivity contribution is 5.29. The van der Waals surface area contributed by atoms with E-state index >= 15 is 0 Å². The van der Waals surface area contributed by atoms with Gasteiger partial charge in [0.25, 0.3) is 0 Å². The average molecular weight is 248 g/mol. The molecule has 1 aromatic rings. The molecule has 1 aliphatic heterocycles. The van der Waals surface area contributed by atoms with Crippen molar-refractivity contribution in [1.82, 2.24) is 14.9 Å². The number of anilines is 1. The molecule has 18 heavy (non-hydrogen) atoms. The molecular formula is C14H24N4. The van der Waals surface area contributed by atoms with Crippen molar-refractivity contribution in [3.63, 3.8) is 0 Å². The summed E-state index contributed by atoms with van der Waals surface area (Å²) >= 11 is 0. The second-order valence-electron chi connectivity index (χ2n) is 5.58. The summed E-state index contributed by atoms with van der Waals surface area (Å²) in [5.41, 5.74) is 1.62. The van der Waals surface area contributed by atoms with Gasteiger partial charge in [-0.15, -0.1) is 0 Å². The first-order valence-electron chi connectivity index (χ1n) is 6.86. The fourth-order valence-electron chi connectivity index (χ4n) is 2.40. The zero-order chi connectivity index (χ0) is 13.0. The Hall–Kier alpha value is -1.16. The smallest absolute Gasteiger partial charge is 0.144 e. The summed E-state index contributed by atoms with van der Waals surface area (Å²) < 4.78 is 0. The van der Waals surface area contributed by atoms with E-state index in [9.17, 15) is 0 Å². The Morgan fingerprint density at radius 3 is 2.50 bits per heavy atom. The minimum absolute atomic E-state index is 0.554.